The normalized spacial score (nSPS) is 11.8. The predicted octanol–water partition coefficient (Wildman–Crippen LogP) is 0.0571. The lowest BCUT2D eigenvalue weighted by atomic mass is 10.2. The summed E-state index contributed by atoms with van der Waals surface area (Å²) in [5, 5.41) is 18.3. The number of rotatable bonds is 6. The smallest absolute Gasteiger partial charge is 0.358 e. The third kappa shape index (κ3) is 4.06. The van der Waals surface area contributed by atoms with Crippen LogP contribution in [0.15, 0.2) is 18.9 Å². The van der Waals surface area contributed by atoms with Gasteiger partial charge in [0.15, 0.2) is 5.69 Å². The minimum Gasteiger partial charge on any atom is -0.476 e. The number of aromatic carboxylic acids is 1. The van der Waals surface area contributed by atoms with Crippen LogP contribution in [0.1, 0.15) is 23.8 Å². The van der Waals surface area contributed by atoms with Crippen LogP contribution in [0.25, 0.3) is 0 Å². The van der Waals surface area contributed by atoms with E-state index in [0.29, 0.717) is 6.42 Å². The number of carbonyl (C=O) groups is 2. The number of carbonyl (C=O) groups excluding carboxylic acids is 1. The van der Waals surface area contributed by atoms with Crippen molar-refractivity contribution in [3.8, 4) is 0 Å². The van der Waals surface area contributed by atoms with Crippen LogP contribution in [-0.4, -0.2) is 38.0 Å². The van der Waals surface area contributed by atoms with Gasteiger partial charge in [0.2, 0.25) is 5.91 Å². The maximum Gasteiger partial charge on any atom is 0.358 e. The summed E-state index contributed by atoms with van der Waals surface area (Å²) in [5.41, 5.74) is -0.183. The van der Waals surface area contributed by atoms with Crippen LogP contribution in [0, 0.1) is 0 Å². The molecular weight excluding hydrogens is 224 g/mol. The highest BCUT2D eigenvalue weighted by atomic mass is 16.4. The monoisotopic (exact) mass is 238 g/mol. The molecule has 1 amide bonds. The Morgan fingerprint density at radius 2 is 2.41 bits per heavy atom. The van der Waals surface area contributed by atoms with Crippen molar-refractivity contribution in [2.75, 3.05) is 0 Å². The van der Waals surface area contributed by atoms with Gasteiger partial charge in [-0.25, -0.2) is 9.48 Å². The Morgan fingerprint density at radius 3 is 2.94 bits per heavy atom. The van der Waals surface area contributed by atoms with Crippen LogP contribution < -0.4 is 5.32 Å². The number of hydrogen-bond donors (Lipinski definition) is 2. The van der Waals surface area contributed by atoms with E-state index in [1.165, 1.54) is 10.9 Å². The number of hydrogen-bond acceptors (Lipinski definition) is 4. The molecule has 1 aromatic heterocycles. The van der Waals surface area contributed by atoms with E-state index in [1.54, 1.807) is 6.08 Å². The van der Waals surface area contributed by atoms with Gasteiger partial charge in [0, 0.05) is 6.04 Å². The highest BCUT2D eigenvalue weighted by Gasteiger charge is 2.11. The van der Waals surface area contributed by atoms with Gasteiger partial charge < -0.3 is 10.4 Å². The molecule has 1 aromatic rings. The Bertz CT molecular complexity index is 427. The minimum absolute atomic E-state index is 0.0116. The number of nitrogens with zero attached hydrogens (tertiary/aromatic N) is 3. The van der Waals surface area contributed by atoms with Crippen LogP contribution in [-0.2, 0) is 11.3 Å². The van der Waals surface area contributed by atoms with Crippen LogP contribution in [0.2, 0.25) is 0 Å². The van der Waals surface area contributed by atoms with E-state index >= 15 is 0 Å². The molecule has 0 saturated heterocycles. The number of carboxylic acid groups (broad SMARTS) is 1. The Morgan fingerprint density at radius 1 is 1.71 bits per heavy atom. The highest BCUT2D eigenvalue weighted by Crippen LogP contribution is 1.94. The van der Waals surface area contributed by atoms with Gasteiger partial charge in [-0.3, -0.25) is 4.79 Å². The highest BCUT2D eigenvalue weighted by molar-refractivity contribution is 5.84. The first kappa shape index (κ1) is 12.9. The van der Waals surface area contributed by atoms with Gasteiger partial charge in [0.25, 0.3) is 0 Å². The third-order valence-corrected chi connectivity index (χ3v) is 1.99. The molecule has 1 rings (SSSR count). The van der Waals surface area contributed by atoms with Crippen molar-refractivity contribution >= 4 is 11.9 Å². The fraction of sp³-hybridized carbons (Fsp3) is 0.400. The first-order chi connectivity index (χ1) is 8.02. The first-order valence-corrected chi connectivity index (χ1v) is 5.06. The van der Waals surface area contributed by atoms with E-state index in [2.05, 4.69) is 22.2 Å². The topological polar surface area (TPSA) is 97.1 Å². The number of amides is 1. The quantitative estimate of drug-likeness (QED) is 0.683. The number of carboxylic acids is 1. The zero-order chi connectivity index (χ0) is 12.8. The summed E-state index contributed by atoms with van der Waals surface area (Å²) in [4.78, 5) is 22.0. The van der Waals surface area contributed by atoms with E-state index in [1.807, 2.05) is 6.92 Å². The van der Waals surface area contributed by atoms with Crippen molar-refractivity contribution in [2.24, 2.45) is 0 Å². The summed E-state index contributed by atoms with van der Waals surface area (Å²) in [6.45, 7) is 5.37. The second-order valence-corrected chi connectivity index (χ2v) is 3.60. The second kappa shape index (κ2) is 5.78. The van der Waals surface area contributed by atoms with Gasteiger partial charge >= 0.3 is 5.97 Å². The minimum atomic E-state index is -1.17. The first-order valence-electron chi connectivity index (χ1n) is 5.06. The van der Waals surface area contributed by atoms with Crippen LogP contribution in [0.5, 0.6) is 0 Å². The second-order valence-electron chi connectivity index (χ2n) is 3.60. The summed E-state index contributed by atoms with van der Waals surface area (Å²) in [6, 6.07) is -0.0116. The van der Waals surface area contributed by atoms with E-state index in [4.69, 9.17) is 5.11 Å². The van der Waals surface area contributed by atoms with Crippen molar-refractivity contribution in [3.63, 3.8) is 0 Å². The van der Waals surface area contributed by atoms with Crippen LogP contribution >= 0.6 is 0 Å². The zero-order valence-electron chi connectivity index (χ0n) is 9.46. The van der Waals surface area contributed by atoms with Crippen molar-refractivity contribution in [2.45, 2.75) is 25.9 Å². The Labute approximate surface area is 98.1 Å². The largest absolute Gasteiger partial charge is 0.476 e. The van der Waals surface area contributed by atoms with E-state index < -0.39 is 5.97 Å². The van der Waals surface area contributed by atoms with Gasteiger partial charge in [-0.2, -0.15) is 0 Å². The lowest BCUT2D eigenvalue weighted by Gasteiger charge is -2.10. The molecule has 0 bridgehead atoms. The van der Waals surface area contributed by atoms with Gasteiger partial charge in [-0.15, -0.1) is 11.7 Å². The molecule has 92 valence electrons. The lowest BCUT2D eigenvalue weighted by Crippen LogP contribution is -2.34. The van der Waals surface area contributed by atoms with Crippen molar-refractivity contribution in [3.05, 3.63) is 24.5 Å². The van der Waals surface area contributed by atoms with Crippen LogP contribution in [0.3, 0.4) is 0 Å². The zero-order valence-corrected chi connectivity index (χ0v) is 9.46. The molecular formula is C10H14N4O3. The summed E-state index contributed by atoms with van der Waals surface area (Å²) in [5.74, 6) is -1.42. The summed E-state index contributed by atoms with van der Waals surface area (Å²) in [7, 11) is 0. The average Bonchev–Trinajstić information content (AvgIpc) is 2.66. The third-order valence-electron chi connectivity index (χ3n) is 1.99. The molecule has 0 aliphatic rings. The molecule has 17 heavy (non-hydrogen) atoms. The predicted molar refractivity (Wildman–Crippen MR) is 59.4 cm³/mol. The van der Waals surface area contributed by atoms with Gasteiger partial charge in [0.1, 0.15) is 6.54 Å². The number of nitrogens with one attached hydrogen (secondary N) is 1. The molecule has 0 fully saturated rings. The van der Waals surface area contributed by atoms with Crippen molar-refractivity contribution < 1.29 is 14.7 Å². The summed E-state index contributed by atoms with van der Waals surface area (Å²) >= 11 is 0. The lowest BCUT2D eigenvalue weighted by molar-refractivity contribution is -0.122. The molecule has 0 spiro atoms. The fourth-order valence-electron chi connectivity index (χ4n) is 1.25. The van der Waals surface area contributed by atoms with Crippen LogP contribution in [0.4, 0.5) is 0 Å². The molecule has 0 aliphatic carbocycles. The maximum atomic E-state index is 11.5. The Hall–Kier alpha value is -2.18. The molecule has 0 aromatic carbocycles. The van der Waals surface area contributed by atoms with Gasteiger partial charge in [-0.05, 0) is 13.3 Å². The molecule has 2 N–H and O–H groups in total. The molecule has 0 saturated carbocycles. The molecule has 7 heteroatoms. The number of aromatic nitrogens is 3. The average molecular weight is 238 g/mol. The van der Waals surface area contributed by atoms with Crippen molar-refractivity contribution in [1.29, 1.82) is 0 Å². The van der Waals surface area contributed by atoms with E-state index in [0.717, 1.165) is 0 Å². The molecule has 1 unspecified atom stereocenters. The summed E-state index contributed by atoms with van der Waals surface area (Å²) in [6.07, 6.45) is 3.59. The molecule has 7 nitrogen and oxygen atoms in total. The SMILES string of the molecule is C=CCC(C)NC(=O)Cn1cc(C(=O)O)nn1. The fourth-order valence-corrected chi connectivity index (χ4v) is 1.25. The molecule has 1 atom stereocenters. The molecule has 1 heterocycles. The van der Waals surface area contributed by atoms with E-state index in [-0.39, 0.29) is 24.2 Å². The van der Waals surface area contributed by atoms with Gasteiger partial charge in [0.05, 0.1) is 6.20 Å². The maximum absolute atomic E-state index is 11.5. The summed E-state index contributed by atoms with van der Waals surface area (Å²) < 4.78 is 1.18. The Kier molecular flexibility index (Phi) is 4.38. The standard InChI is InChI=1S/C10H14N4O3/c1-3-4-7(2)11-9(15)6-14-5-8(10(16)17)12-13-14/h3,5,7H,1,4,6H2,2H3,(H,11,15)(H,16,17). The Balaban J connectivity index is 2.50. The van der Waals surface area contributed by atoms with Crippen molar-refractivity contribution in [1.82, 2.24) is 20.3 Å². The van der Waals surface area contributed by atoms with Gasteiger partial charge in [-0.1, -0.05) is 11.3 Å². The van der Waals surface area contributed by atoms with E-state index in [9.17, 15) is 9.59 Å². The molecule has 0 radical (unpaired) electrons. The molecule has 0 aliphatic heterocycles.